The van der Waals surface area contributed by atoms with Gasteiger partial charge in [-0.2, -0.15) is 0 Å². The van der Waals surface area contributed by atoms with Crippen LogP contribution >= 0.6 is 11.6 Å². The molecule has 20 heavy (non-hydrogen) atoms. The zero-order valence-electron chi connectivity index (χ0n) is 10.6. The van der Waals surface area contributed by atoms with Crippen molar-refractivity contribution in [3.63, 3.8) is 0 Å². The normalized spacial score (nSPS) is 10.3. The third-order valence-electron chi connectivity index (χ3n) is 2.75. The fourth-order valence-corrected chi connectivity index (χ4v) is 1.96. The van der Waals surface area contributed by atoms with Crippen molar-refractivity contribution in [3.05, 3.63) is 68.5 Å². The monoisotopic (exact) mass is 295 g/mol. The van der Waals surface area contributed by atoms with Crippen molar-refractivity contribution in [2.24, 2.45) is 0 Å². The lowest BCUT2D eigenvalue weighted by atomic mass is 10.2. The van der Waals surface area contributed by atoms with Crippen molar-refractivity contribution in [1.82, 2.24) is 0 Å². The second-order valence-electron chi connectivity index (χ2n) is 4.22. The number of rotatable bonds is 4. The summed E-state index contributed by atoms with van der Waals surface area (Å²) in [4.78, 5) is 10.4. The van der Waals surface area contributed by atoms with Crippen LogP contribution in [-0.2, 0) is 6.61 Å². The van der Waals surface area contributed by atoms with E-state index in [0.29, 0.717) is 0 Å². The van der Waals surface area contributed by atoms with Crippen LogP contribution < -0.4 is 4.74 Å². The van der Waals surface area contributed by atoms with Crippen LogP contribution in [0.2, 0.25) is 5.02 Å². The predicted octanol–water partition coefficient (Wildman–Crippen LogP) is 4.27. The van der Waals surface area contributed by atoms with Crippen LogP contribution in [0.1, 0.15) is 11.1 Å². The molecule has 2 rings (SSSR count). The average Bonchev–Trinajstić information content (AvgIpc) is 2.40. The molecule has 2 aromatic carbocycles. The summed E-state index contributed by atoms with van der Waals surface area (Å²) in [5.41, 5.74) is 0.903. The number of aryl methyl sites for hydroxylation is 1. The molecular formula is C14H11ClFNO3. The summed E-state index contributed by atoms with van der Waals surface area (Å²) < 4.78 is 18.9. The van der Waals surface area contributed by atoms with E-state index < -0.39 is 10.7 Å². The maximum Gasteiger partial charge on any atom is 0.277 e. The topological polar surface area (TPSA) is 52.4 Å². The summed E-state index contributed by atoms with van der Waals surface area (Å²) in [6.07, 6.45) is 0. The van der Waals surface area contributed by atoms with Gasteiger partial charge in [0.1, 0.15) is 6.61 Å². The lowest BCUT2D eigenvalue weighted by Crippen LogP contribution is -2.02. The van der Waals surface area contributed by atoms with Crippen molar-refractivity contribution in [2.45, 2.75) is 13.5 Å². The Hall–Kier alpha value is -2.14. The molecule has 0 unspecified atom stereocenters. The van der Waals surface area contributed by atoms with E-state index in [1.165, 1.54) is 30.3 Å². The van der Waals surface area contributed by atoms with Gasteiger partial charge in [-0.15, -0.1) is 0 Å². The molecule has 0 aromatic heterocycles. The first-order valence-corrected chi connectivity index (χ1v) is 6.17. The molecule has 0 N–H and O–H groups in total. The van der Waals surface area contributed by atoms with Crippen LogP contribution in [0.3, 0.4) is 0 Å². The molecule has 0 saturated heterocycles. The van der Waals surface area contributed by atoms with E-state index in [0.717, 1.165) is 5.56 Å². The fourth-order valence-electron chi connectivity index (χ4n) is 1.73. The van der Waals surface area contributed by atoms with Gasteiger partial charge in [-0.3, -0.25) is 10.1 Å². The minimum Gasteiger partial charge on any atom is -0.485 e. The number of benzene rings is 2. The number of nitrogens with zero attached hydrogens (tertiary/aromatic N) is 1. The second kappa shape index (κ2) is 5.88. The van der Waals surface area contributed by atoms with Gasteiger partial charge in [0.25, 0.3) is 5.69 Å². The van der Waals surface area contributed by atoms with Gasteiger partial charge in [-0.25, -0.2) is 4.39 Å². The fraction of sp³-hybridized carbons (Fsp3) is 0.143. The first-order chi connectivity index (χ1) is 9.49. The molecule has 0 amide bonds. The zero-order chi connectivity index (χ0) is 14.7. The maximum atomic E-state index is 13.5. The van der Waals surface area contributed by atoms with Crippen LogP contribution in [0.15, 0.2) is 36.4 Å². The van der Waals surface area contributed by atoms with Crippen molar-refractivity contribution < 1.29 is 14.1 Å². The zero-order valence-corrected chi connectivity index (χ0v) is 11.4. The molecular weight excluding hydrogens is 285 g/mol. The Balaban J connectivity index is 2.27. The standard InChI is InChI=1S/C14H11ClFNO3/c1-9-5-6-12(16)14(7-9)20-8-10-11(15)3-2-4-13(10)17(18)19/h2-7H,8H2,1H3. The largest absolute Gasteiger partial charge is 0.485 e. The van der Waals surface area contributed by atoms with Gasteiger partial charge in [-0.1, -0.05) is 23.7 Å². The van der Waals surface area contributed by atoms with Gasteiger partial charge in [0.2, 0.25) is 0 Å². The first-order valence-electron chi connectivity index (χ1n) is 5.80. The quantitative estimate of drug-likeness (QED) is 0.625. The molecule has 0 spiro atoms. The highest BCUT2D eigenvalue weighted by Crippen LogP contribution is 2.28. The predicted molar refractivity (Wildman–Crippen MR) is 73.6 cm³/mol. The SMILES string of the molecule is Cc1ccc(F)c(OCc2c(Cl)cccc2[N+](=O)[O-])c1. The molecule has 4 nitrogen and oxygen atoms in total. The highest BCUT2D eigenvalue weighted by Gasteiger charge is 2.17. The van der Waals surface area contributed by atoms with Crippen LogP contribution in [0.4, 0.5) is 10.1 Å². The third-order valence-corrected chi connectivity index (χ3v) is 3.10. The van der Waals surface area contributed by atoms with E-state index in [2.05, 4.69) is 0 Å². The molecule has 0 aliphatic rings. The summed E-state index contributed by atoms with van der Waals surface area (Å²) in [7, 11) is 0. The van der Waals surface area contributed by atoms with E-state index in [1.807, 2.05) is 0 Å². The van der Waals surface area contributed by atoms with Gasteiger partial charge in [0.05, 0.1) is 15.5 Å². The molecule has 104 valence electrons. The molecule has 0 heterocycles. The lowest BCUT2D eigenvalue weighted by molar-refractivity contribution is -0.385. The number of ether oxygens (including phenoxy) is 1. The van der Waals surface area contributed by atoms with Crippen molar-refractivity contribution >= 4 is 17.3 Å². The minimum absolute atomic E-state index is 0.0409. The van der Waals surface area contributed by atoms with Crippen LogP contribution in [0.25, 0.3) is 0 Å². The Morgan fingerprint density at radius 3 is 2.80 bits per heavy atom. The lowest BCUT2D eigenvalue weighted by Gasteiger charge is -2.09. The van der Waals surface area contributed by atoms with Crippen LogP contribution in [-0.4, -0.2) is 4.92 Å². The van der Waals surface area contributed by atoms with Crippen molar-refractivity contribution in [1.29, 1.82) is 0 Å². The Labute approximate surface area is 119 Å². The van der Waals surface area contributed by atoms with Gasteiger partial charge in [0, 0.05) is 6.07 Å². The Bertz CT molecular complexity index is 661. The highest BCUT2D eigenvalue weighted by molar-refractivity contribution is 6.31. The van der Waals surface area contributed by atoms with Crippen molar-refractivity contribution in [2.75, 3.05) is 0 Å². The molecule has 0 saturated carbocycles. The van der Waals surface area contributed by atoms with Gasteiger partial charge < -0.3 is 4.74 Å². The smallest absolute Gasteiger partial charge is 0.277 e. The summed E-state index contributed by atoms with van der Waals surface area (Å²) in [6, 6.07) is 8.76. The molecule has 0 atom stereocenters. The molecule has 0 fully saturated rings. The summed E-state index contributed by atoms with van der Waals surface area (Å²) >= 11 is 5.93. The summed E-state index contributed by atoms with van der Waals surface area (Å²) in [5.74, 6) is -0.482. The number of hydrogen-bond donors (Lipinski definition) is 0. The highest BCUT2D eigenvalue weighted by atomic mass is 35.5. The molecule has 6 heteroatoms. The van der Waals surface area contributed by atoms with Crippen LogP contribution in [0, 0.1) is 22.9 Å². The first kappa shape index (κ1) is 14.3. The van der Waals surface area contributed by atoms with E-state index in [9.17, 15) is 14.5 Å². The second-order valence-corrected chi connectivity index (χ2v) is 4.62. The molecule has 0 aliphatic heterocycles. The average molecular weight is 296 g/mol. The number of halogens is 2. The minimum atomic E-state index is -0.544. The van der Waals surface area contributed by atoms with Crippen LogP contribution in [0.5, 0.6) is 5.75 Å². The van der Waals surface area contributed by atoms with E-state index >= 15 is 0 Å². The summed E-state index contributed by atoms with van der Waals surface area (Å²) in [5, 5.41) is 11.1. The van der Waals surface area contributed by atoms with E-state index in [4.69, 9.17) is 16.3 Å². The molecule has 0 aliphatic carbocycles. The Kier molecular flexibility index (Phi) is 4.20. The molecule has 0 bridgehead atoms. The molecule has 2 aromatic rings. The number of hydrogen-bond acceptors (Lipinski definition) is 3. The number of nitro groups is 1. The Morgan fingerprint density at radius 1 is 1.35 bits per heavy atom. The summed E-state index contributed by atoms with van der Waals surface area (Å²) in [6.45, 7) is 1.63. The van der Waals surface area contributed by atoms with E-state index in [1.54, 1.807) is 13.0 Å². The molecule has 0 radical (unpaired) electrons. The Morgan fingerprint density at radius 2 is 2.10 bits per heavy atom. The van der Waals surface area contributed by atoms with Gasteiger partial charge in [0.15, 0.2) is 11.6 Å². The van der Waals surface area contributed by atoms with Crippen molar-refractivity contribution in [3.8, 4) is 5.75 Å². The third kappa shape index (κ3) is 3.05. The van der Waals surface area contributed by atoms with E-state index in [-0.39, 0.29) is 28.6 Å². The number of nitro benzene ring substituents is 1. The van der Waals surface area contributed by atoms with Gasteiger partial charge >= 0.3 is 0 Å². The maximum absolute atomic E-state index is 13.5. The van der Waals surface area contributed by atoms with Gasteiger partial charge in [-0.05, 0) is 30.7 Å².